The lowest BCUT2D eigenvalue weighted by atomic mass is 9.98. The molecule has 0 aliphatic carbocycles. The third-order valence-electron chi connectivity index (χ3n) is 2.61. The molecule has 1 nitrogen and oxygen atoms in total. The third kappa shape index (κ3) is 4.62. The van der Waals surface area contributed by atoms with Crippen LogP contribution in [0.15, 0.2) is 22.7 Å². The molecule has 0 bridgehead atoms. The van der Waals surface area contributed by atoms with Gasteiger partial charge in [-0.3, -0.25) is 0 Å². The van der Waals surface area contributed by atoms with Gasteiger partial charge in [0.2, 0.25) is 0 Å². The van der Waals surface area contributed by atoms with Crippen molar-refractivity contribution in [2.75, 3.05) is 0 Å². The van der Waals surface area contributed by atoms with Gasteiger partial charge in [-0.05, 0) is 42.9 Å². The summed E-state index contributed by atoms with van der Waals surface area (Å²) in [4.78, 5) is 0. The fraction of sp³-hybridized carbons (Fsp3) is 0.538. The fourth-order valence-electron chi connectivity index (χ4n) is 1.62. The van der Waals surface area contributed by atoms with Crippen LogP contribution in [0, 0.1) is 11.7 Å². The van der Waals surface area contributed by atoms with E-state index in [-0.39, 0.29) is 11.9 Å². The highest BCUT2D eigenvalue weighted by Gasteiger charge is 2.09. The van der Waals surface area contributed by atoms with Crippen molar-refractivity contribution >= 4 is 15.9 Å². The summed E-state index contributed by atoms with van der Waals surface area (Å²) in [7, 11) is 0. The molecule has 0 saturated heterocycles. The Labute approximate surface area is 105 Å². The maximum Gasteiger partial charge on any atom is 0.127 e. The summed E-state index contributed by atoms with van der Waals surface area (Å²) < 4.78 is 14.3. The van der Waals surface area contributed by atoms with Crippen molar-refractivity contribution in [3.8, 4) is 0 Å². The summed E-state index contributed by atoms with van der Waals surface area (Å²) in [5.41, 5.74) is 6.69. The molecule has 1 rings (SSSR count). The zero-order valence-electron chi connectivity index (χ0n) is 9.84. The van der Waals surface area contributed by atoms with Gasteiger partial charge in [-0.25, -0.2) is 4.39 Å². The number of hydrogen-bond acceptors (Lipinski definition) is 1. The maximum absolute atomic E-state index is 13.5. The summed E-state index contributed by atoms with van der Waals surface area (Å²) in [5, 5.41) is 0. The molecule has 90 valence electrons. The fourth-order valence-corrected chi connectivity index (χ4v) is 1.95. The molecule has 0 aromatic heterocycles. The van der Waals surface area contributed by atoms with E-state index in [1.807, 2.05) is 6.07 Å². The van der Waals surface area contributed by atoms with Gasteiger partial charge in [-0.1, -0.05) is 35.8 Å². The Morgan fingerprint density at radius 3 is 2.56 bits per heavy atom. The van der Waals surface area contributed by atoms with Gasteiger partial charge >= 0.3 is 0 Å². The Morgan fingerprint density at radius 1 is 1.31 bits per heavy atom. The normalized spacial score (nSPS) is 13.1. The van der Waals surface area contributed by atoms with Crippen LogP contribution in [0.1, 0.15) is 32.3 Å². The minimum atomic E-state index is -0.172. The van der Waals surface area contributed by atoms with Crippen LogP contribution in [-0.4, -0.2) is 6.04 Å². The van der Waals surface area contributed by atoms with Crippen LogP contribution in [0.3, 0.4) is 0 Å². The smallest absolute Gasteiger partial charge is 0.127 e. The Balaban J connectivity index is 2.52. The highest BCUT2D eigenvalue weighted by atomic mass is 79.9. The van der Waals surface area contributed by atoms with E-state index in [2.05, 4.69) is 29.8 Å². The van der Waals surface area contributed by atoms with Crippen LogP contribution in [0.5, 0.6) is 0 Å². The van der Waals surface area contributed by atoms with E-state index in [4.69, 9.17) is 5.73 Å². The van der Waals surface area contributed by atoms with Gasteiger partial charge in [0.05, 0.1) is 0 Å². The molecular weight excluding hydrogens is 269 g/mol. The Kier molecular flexibility index (Phi) is 5.42. The molecule has 1 atom stereocenters. The van der Waals surface area contributed by atoms with Crippen molar-refractivity contribution in [1.29, 1.82) is 0 Å². The van der Waals surface area contributed by atoms with E-state index in [1.54, 1.807) is 6.07 Å². The number of benzene rings is 1. The Bertz CT molecular complexity index is 339. The summed E-state index contributed by atoms with van der Waals surface area (Å²) >= 11 is 3.24. The lowest BCUT2D eigenvalue weighted by Crippen LogP contribution is -2.23. The lowest BCUT2D eigenvalue weighted by molar-refractivity contribution is 0.488. The van der Waals surface area contributed by atoms with E-state index < -0.39 is 0 Å². The molecule has 16 heavy (non-hydrogen) atoms. The largest absolute Gasteiger partial charge is 0.327 e. The summed E-state index contributed by atoms with van der Waals surface area (Å²) in [6.45, 7) is 4.35. The van der Waals surface area contributed by atoms with Gasteiger partial charge in [0, 0.05) is 10.5 Å². The first-order chi connectivity index (χ1) is 7.49. The zero-order valence-corrected chi connectivity index (χ0v) is 11.4. The van der Waals surface area contributed by atoms with Crippen molar-refractivity contribution in [3.63, 3.8) is 0 Å². The molecule has 1 unspecified atom stereocenters. The van der Waals surface area contributed by atoms with E-state index in [0.717, 1.165) is 17.3 Å². The van der Waals surface area contributed by atoms with Gasteiger partial charge in [0.15, 0.2) is 0 Å². The molecular formula is C13H19BrFN. The highest BCUT2D eigenvalue weighted by Crippen LogP contribution is 2.17. The molecule has 1 aromatic rings. The Hall–Kier alpha value is -0.410. The average molecular weight is 288 g/mol. The van der Waals surface area contributed by atoms with Crippen molar-refractivity contribution in [2.24, 2.45) is 11.7 Å². The SMILES string of the molecule is CC(C)CCC(N)Cc1ccc(Br)cc1F. The van der Waals surface area contributed by atoms with E-state index in [9.17, 15) is 4.39 Å². The summed E-state index contributed by atoms with van der Waals surface area (Å²) in [6.07, 6.45) is 2.66. The van der Waals surface area contributed by atoms with Crippen LogP contribution < -0.4 is 5.73 Å². The summed E-state index contributed by atoms with van der Waals surface area (Å²) in [6, 6.07) is 5.20. The van der Waals surface area contributed by atoms with Gasteiger partial charge < -0.3 is 5.73 Å². The quantitative estimate of drug-likeness (QED) is 0.874. The zero-order chi connectivity index (χ0) is 12.1. The number of nitrogens with two attached hydrogens (primary N) is 1. The lowest BCUT2D eigenvalue weighted by Gasteiger charge is -2.13. The van der Waals surface area contributed by atoms with Crippen LogP contribution in [0.2, 0.25) is 0 Å². The molecule has 0 amide bonds. The first-order valence-corrected chi connectivity index (χ1v) is 6.48. The molecule has 3 heteroatoms. The van der Waals surface area contributed by atoms with Crippen molar-refractivity contribution in [2.45, 2.75) is 39.2 Å². The predicted octanol–water partition coefficient (Wildman–Crippen LogP) is 3.89. The second-order valence-electron chi connectivity index (χ2n) is 4.67. The second-order valence-corrected chi connectivity index (χ2v) is 5.59. The van der Waals surface area contributed by atoms with Crippen LogP contribution in [0.25, 0.3) is 0 Å². The molecule has 0 saturated carbocycles. The van der Waals surface area contributed by atoms with Gasteiger partial charge in [0.1, 0.15) is 5.82 Å². The monoisotopic (exact) mass is 287 g/mol. The van der Waals surface area contributed by atoms with Crippen LogP contribution in [0.4, 0.5) is 4.39 Å². The van der Waals surface area contributed by atoms with Crippen LogP contribution >= 0.6 is 15.9 Å². The van der Waals surface area contributed by atoms with E-state index in [1.165, 1.54) is 6.07 Å². The Morgan fingerprint density at radius 2 is 2.00 bits per heavy atom. The molecule has 1 aromatic carbocycles. The maximum atomic E-state index is 13.5. The standard InChI is InChI=1S/C13H19BrFN/c1-9(2)3-6-12(16)7-10-4-5-11(14)8-13(10)15/h4-5,8-9,12H,3,6-7,16H2,1-2H3. The average Bonchev–Trinajstić information content (AvgIpc) is 2.19. The minimum Gasteiger partial charge on any atom is -0.327 e. The predicted molar refractivity (Wildman–Crippen MR) is 69.9 cm³/mol. The first-order valence-electron chi connectivity index (χ1n) is 5.68. The van der Waals surface area contributed by atoms with Gasteiger partial charge in [-0.15, -0.1) is 0 Å². The van der Waals surface area contributed by atoms with Crippen molar-refractivity contribution in [3.05, 3.63) is 34.1 Å². The topological polar surface area (TPSA) is 26.0 Å². The highest BCUT2D eigenvalue weighted by molar-refractivity contribution is 9.10. The molecule has 0 heterocycles. The molecule has 0 aliphatic rings. The van der Waals surface area contributed by atoms with Crippen molar-refractivity contribution in [1.82, 2.24) is 0 Å². The van der Waals surface area contributed by atoms with Gasteiger partial charge in [0.25, 0.3) is 0 Å². The van der Waals surface area contributed by atoms with E-state index in [0.29, 0.717) is 17.9 Å². The second kappa shape index (κ2) is 6.36. The molecule has 2 N–H and O–H groups in total. The van der Waals surface area contributed by atoms with Crippen molar-refractivity contribution < 1.29 is 4.39 Å². The number of rotatable bonds is 5. The molecule has 0 radical (unpaired) electrons. The van der Waals surface area contributed by atoms with Gasteiger partial charge in [-0.2, -0.15) is 0 Å². The van der Waals surface area contributed by atoms with E-state index >= 15 is 0 Å². The molecule has 0 aliphatic heterocycles. The molecule has 0 fully saturated rings. The number of halogens is 2. The number of hydrogen-bond donors (Lipinski definition) is 1. The molecule has 0 spiro atoms. The minimum absolute atomic E-state index is 0.0538. The summed E-state index contributed by atoms with van der Waals surface area (Å²) in [5.74, 6) is 0.482. The first kappa shape index (κ1) is 13.7. The third-order valence-corrected chi connectivity index (χ3v) is 3.11. The van der Waals surface area contributed by atoms with Crippen LogP contribution in [-0.2, 0) is 6.42 Å².